The van der Waals surface area contributed by atoms with Gasteiger partial charge in [0.15, 0.2) is 0 Å². The lowest BCUT2D eigenvalue weighted by Gasteiger charge is -1.88. The van der Waals surface area contributed by atoms with E-state index < -0.39 is 0 Å². The number of aromatic hydroxyl groups is 2. The van der Waals surface area contributed by atoms with Gasteiger partial charge in [-0.3, -0.25) is 4.79 Å². The Bertz CT molecular complexity index is 237. The highest BCUT2D eigenvalue weighted by molar-refractivity contribution is 5.37. The summed E-state index contributed by atoms with van der Waals surface area (Å²) in [6, 6.07) is 5.70. The van der Waals surface area contributed by atoms with Gasteiger partial charge < -0.3 is 14.9 Å². The zero-order valence-corrected chi connectivity index (χ0v) is 7.59. The fraction of sp³-hybridized carbons (Fsp3) is 0.100. The van der Waals surface area contributed by atoms with Gasteiger partial charge in [0.25, 0.3) is 6.47 Å². The molecule has 0 bridgehead atoms. The van der Waals surface area contributed by atoms with Crippen molar-refractivity contribution >= 4 is 6.47 Å². The number of phenols is 2. The van der Waals surface area contributed by atoms with E-state index in [1.807, 2.05) is 0 Å². The van der Waals surface area contributed by atoms with Crippen LogP contribution < -0.4 is 0 Å². The van der Waals surface area contributed by atoms with E-state index in [0.29, 0.717) is 13.1 Å². The molecule has 14 heavy (non-hydrogen) atoms. The van der Waals surface area contributed by atoms with Gasteiger partial charge in [-0.1, -0.05) is 12.7 Å². The molecule has 1 aromatic carbocycles. The van der Waals surface area contributed by atoms with Crippen LogP contribution in [0.3, 0.4) is 0 Å². The standard InChI is InChI=1S/C6H6O2.C4H6O2/c7-5-1-2-6(8)4-3-5;1-2-3-6-4-5/h1-4,7-8H;2,4H,1,3H2. The summed E-state index contributed by atoms with van der Waals surface area (Å²) < 4.78 is 4.18. The number of carbonyl (C=O) groups is 1. The molecule has 4 heteroatoms. The van der Waals surface area contributed by atoms with Crippen molar-refractivity contribution in [1.29, 1.82) is 0 Å². The fourth-order valence-corrected chi connectivity index (χ4v) is 0.560. The molecule has 76 valence electrons. The van der Waals surface area contributed by atoms with Crippen molar-refractivity contribution in [3.8, 4) is 11.5 Å². The van der Waals surface area contributed by atoms with Crippen molar-refractivity contribution in [1.82, 2.24) is 0 Å². The third kappa shape index (κ3) is 6.72. The van der Waals surface area contributed by atoms with E-state index in [-0.39, 0.29) is 11.5 Å². The van der Waals surface area contributed by atoms with E-state index in [1.54, 1.807) is 0 Å². The Kier molecular flexibility index (Phi) is 6.59. The number of carbonyl (C=O) groups excluding carboxylic acids is 1. The van der Waals surface area contributed by atoms with Crippen LogP contribution in [0.5, 0.6) is 11.5 Å². The quantitative estimate of drug-likeness (QED) is 0.332. The normalized spacial score (nSPS) is 8.00. The van der Waals surface area contributed by atoms with E-state index >= 15 is 0 Å². The molecule has 1 rings (SSSR count). The largest absolute Gasteiger partial charge is 0.508 e. The average molecular weight is 196 g/mol. The van der Waals surface area contributed by atoms with Gasteiger partial charge in [-0.05, 0) is 24.3 Å². The molecule has 4 nitrogen and oxygen atoms in total. The van der Waals surface area contributed by atoms with Crippen molar-refractivity contribution in [2.75, 3.05) is 6.61 Å². The summed E-state index contributed by atoms with van der Waals surface area (Å²) in [6.45, 7) is 4.01. The van der Waals surface area contributed by atoms with Crippen molar-refractivity contribution in [2.24, 2.45) is 0 Å². The summed E-state index contributed by atoms with van der Waals surface area (Å²) in [6.07, 6.45) is 1.51. The number of ether oxygens (including phenoxy) is 1. The SMILES string of the molecule is C=CCOC=O.Oc1ccc(O)cc1. The Balaban J connectivity index is 0.000000255. The van der Waals surface area contributed by atoms with Crippen molar-refractivity contribution in [3.05, 3.63) is 36.9 Å². The molecule has 0 aliphatic carbocycles. The minimum atomic E-state index is 0.169. The molecule has 0 unspecified atom stereocenters. The average Bonchev–Trinajstić information content (AvgIpc) is 2.20. The zero-order chi connectivity index (χ0) is 10.8. The minimum Gasteiger partial charge on any atom is -0.508 e. The zero-order valence-electron chi connectivity index (χ0n) is 7.59. The monoisotopic (exact) mass is 196 g/mol. The second-order valence-corrected chi connectivity index (χ2v) is 2.23. The predicted octanol–water partition coefficient (Wildman–Crippen LogP) is 1.44. The topological polar surface area (TPSA) is 66.8 Å². The molecular weight excluding hydrogens is 184 g/mol. The summed E-state index contributed by atoms with van der Waals surface area (Å²) in [4.78, 5) is 9.29. The number of benzene rings is 1. The molecule has 0 aromatic heterocycles. The third-order valence-corrected chi connectivity index (χ3v) is 1.13. The Morgan fingerprint density at radius 1 is 1.21 bits per heavy atom. The van der Waals surface area contributed by atoms with E-state index in [9.17, 15) is 4.79 Å². The van der Waals surface area contributed by atoms with Crippen LogP contribution in [-0.4, -0.2) is 23.3 Å². The molecule has 0 aliphatic rings. The van der Waals surface area contributed by atoms with Gasteiger partial charge in [-0.25, -0.2) is 0 Å². The molecule has 0 atom stereocenters. The lowest BCUT2D eigenvalue weighted by molar-refractivity contribution is -0.127. The van der Waals surface area contributed by atoms with Crippen molar-refractivity contribution < 1.29 is 19.7 Å². The van der Waals surface area contributed by atoms with Gasteiger partial charge in [-0.15, -0.1) is 0 Å². The lowest BCUT2D eigenvalue weighted by Crippen LogP contribution is -1.83. The maximum atomic E-state index is 9.29. The molecule has 0 radical (unpaired) electrons. The van der Waals surface area contributed by atoms with Gasteiger partial charge in [0.1, 0.15) is 18.1 Å². The highest BCUT2D eigenvalue weighted by Gasteiger charge is 1.84. The molecule has 2 N–H and O–H groups in total. The van der Waals surface area contributed by atoms with Gasteiger partial charge in [0.05, 0.1) is 0 Å². The number of rotatable bonds is 3. The second kappa shape index (κ2) is 7.67. The Morgan fingerprint density at radius 2 is 1.64 bits per heavy atom. The third-order valence-electron chi connectivity index (χ3n) is 1.13. The molecule has 0 saturated carbocycles. The van der Waals surface area contributed by atoms with Crippen LogP contribution >= 0.6 is 0 Å². The molecule has 0 fully saturated rings. The summed E-state index contributed by atoms with van der Waals surface area (Å²) in [7, 11) is 0. The van der Waals surface area contributed by atoms with Gasteiger partial charge in [-0.2, -0.15) is 0 Å². The Labute approximate surface area is 82.1 Å². The van der Waals surface area contributed by atoms with Crippen LogP contribution in [0.4, 0.5) is 0 Å². The first-order valence-corrected chi connectivity index (χ1v) is 3.85. The lowest BCUT2D eigenvalue weighted by atomic mass is 10.3. The summed E-state index contributed by atoms with van der Waals surface area (Å²) in [5.74, 6) is 0.339. The van der Waals surface area contributed by atoms with Crippen LogP contribution in [0.1, 0.15) is 0 Å². The first-order chi connectivity index (χ1) is 6.70. The van der Waals surface area contributed by atoms with Gasteiger partial charge in [0, 0.05) is 0 Å². The maximum absolute atomic E-state index is 9.29. The van der Waals surface area contributed by atoms with Crippen LogP contribution in [0.25, 0.3) is 0 Å². The van der Waals surface area contributed by atoms with E-state index in [1.165, 1.54) is 30.3 Å². The number of hydrogen-bond donors (Lipinski definition) is 2. The van der Waals surface area contributed by atoms with E-state index in [2.05, 4.69) is 11.3 Å². The molecule has 0 amide bonds. The molecule has 1 aromatic rings. The van der Waals surface area contributed by atoms with Crippen LogP contribution in [0, 0.1) is 0 Å². The fourth-order valence-electron chi connectivity index (χ4n) is 0.560. The highest BCUT2D eigenvalue weighted by atomic mass is 16.5. The summed E-state index contributed by atoms with van der Waals surface area (Å²) in [5.41, 5.74) is 0. The molecule has 0 saturated heterocycles. The number of hydrogen-bond acceptors (Lipinski definition) is 4. The second-order valence-electron chi connectivity index (χ2n) is 2.23. The van der Waals surface area contributed by atoms with Crippen LogP contribution in [-0.2, 0) is 9.53 Å². The molecule has 0 aliphatic heterocycles. The first-order valence-electron chi connectivity index (χ1n) is 3.85. The van der Waals surface area contributed by atoms with Crippen LogP contribution in [0.15, 0.2) is 36.9 Å². The van der Waals surface area contributed by atoms with Gasteiger partial charge >= 0.3 is 0 Å². The van der Waals surface area contributed by atoms with Crippen molar-refractivity contribution in [3.63, 3.8) is 0 Å². The minimum absolute atomic E-state index is 0.169. The predicted molar refractivity (Wildman–Crippen MR) is 52.0 cm³/mol. The Morgan fingerprint density at radius 3 is 1.86 bits per heavy atom. The Hall–Kier alpha value is -1.97. The first kappa shape index (κ1) is 12.0. The van der Waals surface area contributed by atoms with Gasteiger partial charge in [0.2, 0.25) is 0 Å². The molecule has 0 spiro atoms. The highest BCUT2D eigenvalue weighted by Crippen LogP contribution is 2.13. The maximum Gasteiger partial charge on any atom is 0.293 e. The van der Waals surface area contributed by atoms with Crippen LogP contribution in [0.2, 0.25) is 0 Å². The molecule has 0 heterocycles. The van der Waals surface area contributed by atoms with E-state index in [0.717, 1.165) is 0 Å². The van der Waals surface area contributed by atoms with Crippen molar-refractivity contribution in [2.45, 2.75) is 0 Å². The number of phenolic OH excluding ortho intramolecular Hbond substituents is 2. The molecular formula is C10H12O4. The summed E-state index contributed by atoms with van der Waals surface area (Å²) >= 11 is 0. The smallest absolute Gasteiger partial charge is 0.293 e. The summed E-state index contributed by atoms with van der Waals surface area (Å²) in [5, 5.41) is 17.3. The van der Waals surface area contributed by atoms with E-state index in [4.69, 9.17) is 10.2 Å².